The van der Waals surface area contributed by atoms with Gasteiger partial charge in [0, 0.05) is 0 Å². The second kappa shape index (κ2) is 4.66. The van der Waals surface area contributed by atoms with Crippen molar-refractivity contribution < 1.29 is 9.84 Å². The lowest BCUT2D eigenvalue weighted by Crippen LogP contribution is -2.05. The van der Waals surface area contributed by atoms with Gasteiger partial charge in [-0.25, -0.2) is 0 Å². The molecule has 0 saturated carbocycles. The van der Waals surface area contributed by atoms with Crippen molar-refractivity contribution >= 4 is 15.9 Å². The molecular weight excluding hydrogens is 246 g/mol. The first-order valence-corrected chi connectivity index (χ1v) is 5.16. The molecule has 0 saturated heterocycles. The Hall–Kier alpha value is -0.740. The van der Waals surface area contributed by atoms with E-state index >= 15 is 0 Å². The van der Waals surface area contributed by atoms with Crippen molar-refractivity contribution in [3.05, 3.63) is 21.7 Å². The Labute approximate surface area is 92.0 Å². The lowest BCUT2D eigenvalue weighted by molar-refractivity contribution is 0.371. The smallest absolute Gasteiger partial charge is 0.172 e. The average Bonchev–Trinajstić information content (AvgIpc) is 2.18. The van der Waals surface area contributed by atoms with Crippen LogP contribution in [0.3, 0.4) is 0 Å². The van der Waals surface area contributed by atoms with Crippen LogP contribution in [0.5, 0.6) is 11.5 Å². The highest BCUT2D eigenvalue weighted by Gasteiger charge is 2.13. The van der Waals surface area contributed by atoms with E-state index in [0.717, 1.165) is 17.5 Å². The van der Waals surface area contributed by atoms with E-state index in [-0.39, 0.29) is 5.75 Å². The van der Waals surface area contributed by atoms with E-state index in [2.05, 4.69) is 15.9 Å². The molecule has 1 aromatic carbocycles. The Morgan fingerprint density at radius 2 is 2.21 bits per heavy atom. The molecule has 0 aromatic heterocycles. The Balaban J connectivity index is 3.26. The molecule has 14 heavy (non-hydrogen) atoms. The van der Waals surface area contributed by atoms with Gasteiger partial charge >= 0.3 is 0 Å². The van der Waals surface area contributed by atoms with Crippen molar-refractivity contribution in [2.75, 3.05) is 13.7 Å². The molecule has 1 aromatic rings. The predicted molar refractivity (Wildman–Crippen MR) is 59.9 cm³/mol. The molecule has 0 aliphatic carbocycles. The summed E-state index contributed by atoms with van der Waals surface area (Å²) in [7, 11) is 1.53. The van der Waals surface area contributed by atoms with Crippen LogP contribution in [0, 0.1) is 6.92 Å². The van der Waals surface area contributed by atoms with Gasteiger partial charge in [0.25, 0.3) is 0 Å². The van der Waals surface area contributed by atoms with Crippen LogP contribution in [-0.4, -0.2) is 18.8 Å². The molecule has 0 unspecified atom stereocenters. The molecule has 0 fully saturated rings. The normalized spacial score (nSPS) is 10.3. The quantitative estimate of drug-likeness (QED) is 0.873. The third-order valence-corrected chi connectivity index (χ3v) is 3.00. The standard InChI is InChI=1S/C10H14BrNO2/c1-6-5-8(14-2)10(13)9(11)7(6)3-4-12/h5,13H,3-4,12H2,1-2H3. The molecule has 0 bridgehead atoms. The van der Waals surface area contributed by atoms with E-state index < -0.39 is 0 Å². The molecule has 0 aliphatic heterocycles. The Morgan fingerprint density at radius 3 is 2.71 bits per heavy atom. The number of phenols is 1. The van der Waals surface area contributed by atoms with Crippen LogP contribution in [0.4, 0.5) is 0 Å². The summed E-state index contributed by atoms with van der Waals surface area (Å²) >= 11 is 3.34. The summed E-state index contributed by atoms with van der Waals surface area (Å²) < 4.78 is 5.71. The van der Waals surface area contributed by atoms with Crippen LogP contribution in [0.1, 0.15) is 11.1 Å². The molecule has 0 aliphatic rings. The average molecular weight is 260 g/mol. The molecule has 0 radical (unpaired) electrons. The second-order valence-corrected chi connectivity index (χ2v) is 3.87. The maximum Gasteiger partial charge on any atom is 0.172 e. The van der Waals surface area contributed by atoms with Gasteiger partial charge in [0.15, 0.2) is 11.5 Å². The monoisotopic (exact) mass is 259 g/mol. The Morgan fingerprint density at radius 1 is 1.57 bits per heavy atom. The zero-order valence-corrected chi connectivity index (χ0v) is 9.89. The fourth-order valence-corrected chi connectivity index (χ4v) is 2.09. The minimum Gasteiger partial charge on any atom is -0.503 e. The number of methoxy groups -OCH3 is 1. The molecule has 0 amide bonds. The van der Waals surface area contributed by atoms with E-state index in [9.17, 15) is 5.11 Å². The van der Waals surface area contributed by atoms with E-state index in [1.165, 1.54) is 7.11 Å². The van der Waals surface area contributed by atoms with Gasteiger partial charge in [-0.1, -0.05) is 0 Å². The van der Waals surface area contributed by atoms with E-state index in [0.29, 0.717) is 16.8 Å². The summed E-state index contributed by atoms with van der Waals surface area (Å²) in [6, 6.07) is 1.81. The van der Waals surface area contributed by atoms with Crippen LogP contribution >= 0.6 is 15.9 Å². The van der Waals surface area contributed by atoms with Gasteiger partial charge in [-0.15, -0.1) is 0 Å². The third kappa shape index (κ3) is 2.01. The number of aryl methyl sites for hydroxylation is 1. The molecule has 3 N–H and O–H groups in total. The maximum atomic E-state index is 9.72. The number of phenolic OH excluding ortho intramolecular Hbond substituents is 1. The van der Waals surface area contributed by atoms with Gasteiger partial charge in [0.2, 0.25) is 0 Å². The molecule has 4 heteroatoms. The van der Waals surface area contributed by atoms with Gasteiger partial charge in [0.05, 0.1) is 11.6 Å². The summed E-state index contributed by atoms with van der Waals surface area (Å²) in [4.78, 5) is 0. The van der Waals surface area contributed by atoms with E-state index in [1.54, 1.807) is 0 Å². The highest BCUT2D eigenvalue weighted by Crippen LogP contribution is 2.38. The summed E-state index contributed by atoms with van der Waals surface area (Å²) in [5.74, 6) is 0.622. The predicted octanol–water partition coefficient (Wildman–Crippen LogP) is 1.97. The summed E-state index contributed by atoms with van der Waals surface area (Å²) in [6.07, 6.45) is 0.740. The SMILES string of the molecule is COc1cc(C)c(CCN)c(Br)c1O. The van der Waals surface area contributed by atoms with Crippen molar-refractivity contribution in [2.45, 2.75) is 13.3 Å². The molecular formula is C10H14BrNO2. The molecule has 3 nitrogen and oxygen atoms in total. The minimum absolute atomic E-state index is 0.140. The number of halogens is 1. The van der Waals surface area contributed by atoms with Crippen LogP contribution < -0.4 is 10.5 Å². The number of rotatable bonds is 3. The van der Waals surface area contributed by atoms with Gasteiger partial charge in [-0.2, -0.15) is 0 Å². The summed E-state index contributed by atoms with van der Waals surface area (Å²) in [6.45, 7) is 2.53. The highest BCUT2D eigenvalue weighted by molar-refractivity contribution is 9.10. The first-order valence-electron chi connectivity index (χ1n) is 4.36. The van der Waals surface area contributed by atoms with Crippen molar-refractivity contribution in [2.24, 2.45) is 5.73 Å². The number of hydrogen-bond donors (Lipinski definition) is 2. The fraction of sp³-hybridized carbons (Fsp3) is 0.400. The van der Waals surface area contributed by atoms with Crippen LogP contribution in [0.15, 0.2) is 10.5 Å². The lowest BCUT2D eigenvalue weighted by Gasteiger charge is -2.12. The van der Waals surface area contributed by atoms with Gasteiger partial charge < -0.3 is 15.6 Å². The van der Waals surface area contributed by atoms with E-state index in [4.69, 9.17) is 10.5 Å². The molecule has 78 valence electrons. The maximum absolute atomic E-state index is 9.72. The fourth-order valence-electron chi connectivity index (χ4n) is 1.38. The Kier molecular flexibility index (Phi) is 3.77. The minimum atomic E-state index is 0.140. The number of hydrogen-bond acceptors (Lipinski definition) is 3. The van der Waals surface area contributed by atoms with Gasteiger partial charge in [-0.05, 0) is 53.0 Å². The molecule has 1 rings (SSSR count). The summed E-state index contributed by atoms with van der Waals surface area (Å²) in [5, 5.41) is 9.72. The van der Waals surface area contributed by atoms with Crippen molar-refractivity contribution in [1.29, 1.82) is 0 Å². The van der Waals surface area contributed by atoms with E-state index in [1.807, 2.05) is 13.0 Å². The van der Waals surface area contributed by atoms with Crippen LogP contribution in [0.2, 0.25) is 0 Å². The molecule has 0 heterocycles. The third-order valence-electron chi connectivity index (χ3n) is 2.14. The number of benzene rings is 1. The second-order valence-electron chi connectivity index (χ2n) is 3.08. The Bertz CT molecular complexity index is 339. The number of aromatic hydroxyl groups is 1. The molecule has 0 atom stereocenters. The van der Waals surface area contributed by atoms with Crippen LogP contribution in [0.25, 0.3) is 0 Å². The topological polar surface area (TPSA) is 55.5 Å². The largest absolute Gasteiger partial charge is 0.503 e. The first kappa shape index (κ1) is 11.3. The highest BCUT2D eigenvalue weighted by atomic mass is 79.9. The van der Waals surface area contributed by atoms with Crippen molar-refractivity contribution in [1.82, 2.24) is 0 Å². The summed E-state index contributed by atoms with van der Waals surface area (Å²) in [5.41, 5.74) is 7.59. The zero-order chi connectivity index (χ0) is 10.7. The van der Waals surface area contributed by atoms with Gasteiger partial charge in [-0.3, -0.25) is 0 Å². The van der Waals surface area contributed by atoms with Gasteiger partial charge in [0.1, 0.15) is 0 Å². The van der Waals surface area contributed by atoms with Crippen molar-refractivity contribution in [3.63, 3.8) is 0 Å². The zero-order valence-electron chi connectivity index (χ0n) is 8.30. The lowest BCUT2D eigenvalue weighted by atomic mass is 10.0. The van der Waals surface area contributed by atoms with Crippen LogP contribution in [-0.2, 0) is 6.42 Å². The number of nitrogens with two attached hydrogens (primary N) is 1. The first-order chi connectivity index (χ1) is 6.61. The van der Waals surface area contributed by atoms with Crippen molar-refractivity contribution in [3.8, 4) is 11.5 Å². The number of ether oxygens (including phenoxy) is 1. The molecule has 0 spiro atoms.